The summed E-state index contributed by atoms with van der Waals surface area (Å²) in [5.74, 6) is 0. The molecule has 0 aliphatic heterocycles. The molecular formula is C4H10N12. The van der Waals surface area contributed by atoms with Gasteiger partial charge in [-0.1, -0.05) is 0 Å². The fourth-order valence-electron chi connectivity index (χ4n) is 0.326. The van der Waals surface area contributed by atoms with Gasteiger partial charge in [0, 0.05) is 0 Å². The highest BCUT2D eigenvalue weighted by molar-refractivity contribution is 4.20. The van der Waals surface area contributed by atoms with Crippen molar-refractivity contribution in [2.24, 2.45) is 62.5 Å². The molecule has 0 aliphatic carbocycles. The second-order valence-corrected chi connectivity index (χ2v) is 1.81. The Bertz CT molecular complexity index is 277. The van der Waals surface area contributed by atoms with Crippen LogP contribution in [0.5, 0.6) is 0 Å². The van der Waals surface area contributed by atoms with Crippen molar-refractivity contribution >= 4 is 0 Å². The zero-order valence-corrected chi connectivity index (χ0v) is 8.78. The summed E-state index contributed by atoms with van der Waals surface area (Å²) < 4.78 is 0. The van der Waals surface area contributed by atoms with Crippen molar-refractivity contribution in [1.29, 1.82) is 0 Å². The molecule has 86 valence electrons. The number of hydrogen-bond acceptors (Lipinski definition) is 2. The quantitative estimate of drug-likeness (QED) is 0.462. The third kappa shape index (κ3) is 11.6. The molecule has 12 heteroatoms. The van der Waals surface area contributed by atoms with Crippen molar-refractivity contribution in [3.63, 3.8) is 0 Å². The molecule has 0 aromatic rings. The minimum absolute atomic E-state index is 0.516. The Balaban J connectivity index is 3.70. The smallest absolute Gasteiger partial charge is 0.0593 e. The molecule has 0 bridgehead atoms. The van der Waals surface area contributed by atoms with E-state index >= 15 is 0 Å². The van der Waals surface area contributed by atoms with Gasteiger partial charge in [-0.15, -0.1) is 0 Å². The van der Waals surface area contributed by atoms with Gasteiger partial charge < -0.3 is 0 Å². The molecule has 0 saturated carbocycles. The van der Waals surface area contributed by atoms with Crippen LogP contribution in [0, 0.1) is 0 Å². The van der Waals surface area contributed by atoms with Gasteiger partial charge >= 0.3 is 0 Å². The molecule has 0 N–H and O–H groups in total. The Labute approximate surface area is 90.4 Å². The van der Waals surface area contributed by atoms with Crippen LogP contribution in [0.2, 0.25) is 0 Å². The van der Waals surface area contributed by atoms with E-state index in [1.807, 2.05) is 0 Å². The predicted octanol–water partition coefficient (Wildman–Crippen LogP) is 3.31. The summed E-state index contributed by atoms with van der Waals surface area (Å²) in [6.07, 6.45) is 0. The third-order valence-corrected chi connectivity index (χ3v) is 0.769. The van der Waals surface area contributed by atoms with Crippen molar-refractivity contribution in [3.05, 3.63) is 0 Å². The van der Waals surface area contributed by atoms with Crippen LogP contribution in [0.25, 0.3) is 0 Å². The van der Waals surface area contributed by atoms with E-state index in [0.717, 1.165) is 0 Å². The molecule has 12 nitrogen and oxygen atoms in total. The lowest BCUT2D eigenvalue weighted by Crippen LogP contribution is -1.59. The van der Waals surface area contributed by atoms with E-state index in [4.69, 9.17) is 0 Å². The van der Waals surface area contributed by atoms with Crippen molar-refractivity contribution in [2.45, 2.75) is 13.8 Å². The number of hydrogen-bond donors (Lipinski definition) is 0. The maximum Gasteiger partial charge on any atom is 0.0593 e. The van der Waals surface area contributed by atoms with E-state index in [9.17, 15) is 0 Å². The number of nitrogens with zero attached hydrogens (tertiary/aromatic N) is 12. The first-order chi connectivity index (χ1) is 7.91. The first-order valence-electron chi connectivity index (χ1n) is 4.25. The summed E-state index contributed by atoms with van der Waals surface area (Å²) in [5.41, 5.74) is 0. The summed E-state index contributed by atoms with van der Waals surface area (Å²) in [7, 11) is 0. The summed E-state index contributed by atoms with van der Waals surface area (Å²) in [6, 6.07) is 0. The summed E-state index contributed by atoms with van der Waals surface area (Å²) in [4.78, 5) is 0. The van der Waals surface area contributed by atoms with Crippen molar-refractivity contribution in [2.75, 3.05) is 13.1 Å². The number of rotatable bonds is 7. The van der Waals surface area contributed by atoms with Gasteiger partial charge in [0.1, 0.15) is 0 Å². The molecule has 0 unspecified atom stereocenters. The molecule has 0 radical (unpaired) electrons. The predicted molar refractivity (Wildman–Crippen MR) is 50.2 cm³/mol. The minimum atomic E-state index is 0.516. The average molecular weight is 226 g/mol. The Morgan fingerprint density at radius 2 is 0.688 bits per heavy atom. The van der Waals surface area contributed by atoms with Crippen molar-refractivity contribution in [3.8, 4) is 0 Å². The van der Waals surface area contributed by atoms with Crippen LogP contribution in [-0.2, 0) is 0 Å². The summed E-state index contributed by atoms with van der Waals surface area (Å²) in [6.45, 7) is 4.64. The van der Waals surface area contributed by atoms with Crippen LogP contribution in [0.4, 0.5) is 0 Å². The minimum Gasteiger partial charge on any atom is -0.168 e. The first kappa shape index (κ1) is 13.6. The monoisotopic (exact) mass is 226 g/mol. The van der Waals surface area contributed by atoms with E-state index in [1.165, 1.54) is 0 Å². The molecular weight excluding hydrogens is 216 g/mol. The van der Waals surface area contributed by atoms with Gasteiger partial charge in [-0.3, -0.25) is 0 Å². The SMILES string of the molecule is CCN=NN=NN=NN=NN=NN=NCC. The van der Waals surface area contributed by atoms with E-state index in [2.05, 4.69) is 62.5 Å². The molecule has 0 fully saturated rings. The lowest BCUT2D eigenvalue weighted by Gasteiger charge is -1.71. The topological polar surface area (TPSA) is 148 Å². The van der Waals surface area contributed by atoms with Gasteiger partial charge in [0.2, 0.25) is 0 Å². The van der Waals surface area contributed by atoms with Gasteiger partial charge in [0.25, 0.3) is 0 Å². The standard InChI is InChI=1S/C4H10N12/c1-3-5-7-9-11-13-15-16-14-12-10-8-6-4-2/h3-4H2,1-2H3. The highest BCUT2D eigenvalue weighted by atomic mass is 15.7. The summed E-state index contributed by atoms with van der Waals surface area (Å²) >= 11 is 0. The summed E-state index contributed by atoms with van der Waals surface area (Å²) in [5, 5.41) is 38.4. The molecule has 0 saturated heterocycles. The van der Waals surface area contributed by atoms with E-state index in [0.29, 0.717) is 13.1 Å². The third-order valence-electron chi connectivity index (χ3n) is 0.769. The van der Waals surface area contributed by atoms with Crippen molar-refractivity contribution < 1.29 is 0 Å². The second kappa shape index (κ2) is 12.6. The molecule has 0 spiro atoms. The second-order valence-electron chi connectivity index (χ2n) is 1.81. The first-order valence-corrected chi connectivity index (χ1v) is 4.25. The van der Waals surface area contributed by atoms with Gasteiger partial charge in [-0.25, -0.2) is 0 Å². The molecule has 0 amide bonds. The van der Waals surface area contributed by atoms with Crippen LogP contribution >= 0.6 is 0 Å². The van der Waals surface area contributed by atoms with Gasteiger partial charge in [0.15, 0.2) is 0 Å². The van der Waals surface area contributed by atoms with Gasteiger partial charge in [-0.2, -0.15) is 10.2 Å². The molecule has 0 atom stereocenters. The highest BCUT2D eigenvalue weighted by Crippen LogP contribution is 1.87. The zero-order valence-electron chi connectivity index (χ0n) is 8.78. The molecule has 0 aromatic carbocycles. The maximum absolute atomic E-state index is 3.50. The Hall–Kier alpha value is -2.40. The van der Waals surface area contributed by atoms with Gasteiger partial charge in [0.05, 0.1) is 13.1 Å². The molecule has 0 heterocycles. The molecule has 0 rings (SSSR count). The average Bonchev–Trinajstić information content (AvgIpc) is 2.31. The highest BCUT2D eigenvalue weighted by Gasteiger charge is 1.69. The lowest BCUT2D eigenvalue weighted by molar-refractivity contribution is 0.752. The molecule has 0 aromatic heterocycles. The fraction of sp³-hybridized carbons (Fsp3) is 1.00. The maximum atomic E-state index is 3.50. The fourth-order valence-corrected chi connectivity index (χ4v) is 0.326. The normalized spacial score (nSPS) is 13.9. The lowest BCUT2D eigenvalue weighted by atomic mass is 10.8. The zero-order chi connectivity index (χ0) is 11.9. The Morgan fingerprint density at radius 1 is 0.438 bits per heavy atom. The van der Waals surface area contributed by atoms with E-state index in [-0.39, 0.29) is 0 Å². The van der Waals surface area contributed by atoms with Crippen LogP contribution in [0.3, 0.4) is 0 Å². The Morgan fingerprint density at radius 3 is 0.938 bits per heavy atom. The van der Waals surface area contributed by atoms with Crippen LogP contribution in [0.15, 0.2) is 62.5 Å². The molecule has 0 aliphatic rings. The van der Waals surface area contributed by atoms with E-state index in [1.54, 1.807) is 13.8 Å². The Kier molecular flexibility index (Phi) is 10.7. The van der Waals surface area contributed by atoms with Crippen LogP contribution in [-0.4, -0.2) is 13.1 Å². The van der Waals surface area contributed by atoms with Crippen LogP contribution in [0.1, 0.15) is 13.8 Å². The van der Waals surface area contributed by atoms with Crippen molar-refractivity contribution in [1.82, 2.24) is 0 Å². The van der Waals surface area contributed by atoms with Crippen LogP contribution < -0.4 is 0 Å². The molecule has 16 heavy (non-hydrogen) atoms. The largest absolute Gasteiger partial charge is 0.168 e. The van der Waals surface area contributed by atoms with Gasteiger partial charge in [-0.05, 0) is 66.1 Å². The van der Waals surface area contributed by atoms with E-state index < -0.39 is 0 Å².